The summed E-state index contributed by atoms with van der Waals surface area (Å²) >= 11 is 0. The molecule has 0 aromatic carbocycles. The molecule has 1 aliphatic carbocycles. The molecule has 0 saturated carbocycles. The van der Waals surface area contributed by atoms with Gasteiger partial charge in [0.15, 0.2) is 11.6 Å². The summed E-state index contributed by atoms with van der Waals surface area (Å²) in [6.07, 6.45) is 15.5. The first-order chi connectivity index (χ1) is 13.0. The molecule has 1 fully saturated rings. The van der Waals surface area contributed by atoms with E-state index in [1.807, 2.05) is 19.1 Å². The van der Waals surface area contributed by atoms with E-state index in [2.05, 4.69) is 13.8 Å². The van der Waals surface area contributed by atoms with Gasteiger partial charge in [-0.2, -0.15) is 0 Å². The summed E-state index contributed by atoms with van der Waals surface area (Å²) in [5, 5.41) is 9.58. The van der Waals surface area contributed by atoms with Crippen LogP contribution in [0.1, 0.15) is 85.0 Å². The number of ether oxygens (including phenoxy) is 2. The van der Waals surface area contributed by atoms with E-state index >= 15 is 0 Å². The first kappa shape index (κ1) is 22.3. The number of allylic oxidation sites excluding steroid dienone is 1. The quantitative estimate of drug-likeness (QED) is 0.516. The molecule has 3 unspecified atom stereocenters. The monoisotopic (exact) mass is 378 g/mol. The van der Waals surface area contributed by atoms with E-state index in [1.165, 1.54) is 38.5 Å². The molecule has 1 spiro atoms. The van der Waals surface area contributed by atoms with Crippen LogP contribution in [-0.2, 0) is 14.3 Å². The maximum Gasteiger partial charge on any atom is 0.188 e. The van der Waals surface area contributed by atoms with Crippen LogP contribution >= 0.6 is 0 Å². The second-order valence-electron chi connectivity index (χ2n) is 8.07. The van der Waals surface area contributed by atoms with Crippen LogP contribution in [0.15, 0.2) is 23.3 Å². The number of ketones is 1. The Balaban J connectivity index is 0.000000279. The Morgan fingerprint density at radius 2 is 1.85 bits per heavy atom. The fraction of sp³-hybridized carbons (Fsp3) is 0.783. The van der Waals surface area contributed by atoms with Gasteiger partial charge < -0.3 is 14.6 Å². The molecule has 0 aromatic rings. The zero-order valence-corrected chi connectivity index (χ0v) is 17.5. The van der Waals surface area contributed by atoms with Crippen molar-refractivity contribution < 1.29 is 19.4 Å². The van der Waals surface area contributed by atoms with Gasteiger partial charge in [0.1, 0.15) is 0 Å². The Labute approximate surface area is 165 Å². The molecule has 2 aliphatic heterocycles. The summed E-state index contributed by atoms with van der Waals surface area (Å²) in [5.41, 5.74) is 1.64. The SMILES string of the molecule is CC1=CC2OC3(C=C(CO)C2CC1=O)CCCCO3.CCCCCCCC. The number of aliphatic hydroxyl groups is 1. The molecule has 3 atom stereocenters. The second kappa shape index (κ2) is 11.1. The molecule has 0 radical (unpaired) electrons. The number of fused-ring (bicyclic) bond motifs is 1. The van der Waals surface area contributed by atoms with Crippen molar-refractivity contribution in [3.8, 4) is 0 Å². The van der Waals surface area contributed by atoms with Crippen LogP contribution < -0.4 is 0 Å². The number of carbonyl (C=O) groups excluding carboxylic acids is 1. The number of hydrogen-bond donors (Lipinski definition) is 1. The molecular weight excluding hydrogens is 340 g/mol. The topological polar surface area (TPSA) is 55.8 Å². The minimum atomic E-state index is -0.686. The minimum Gasteiger partial charge on any atom is -0.392 e. The number of aliphatic hydroxyl groups excluding tert-OH is 1. The van der Waals surface area contributed by atoms with Crippen LogP contribution in [0, 0.1) is 5.92 Å². The van der Waals surface area contributed by atoms with Crippen molar-refractivity contribution in [2.45, 2.75) is 96.9 Å². The number of Topliss-reactive ketones (excluding diaryl/α,β-unsaturated/α-hetero) is 1. The molecular formula is C23H38O4. The van der Waals surface area contributed by atoms with E-state index in [0.29, 0.717) is 13.0 Å². The predicted molar refractivity (Wildman–Crippen MR) is 108 cm³/mol. The van der Waals surface area contributed by atoms with Gasteiger partial charge in [-0.05, 0) is 43.1 Å². The normalized spacial score (nSPS) is 30.1. The minimum absolute atomic E-state index is 0.0302. The molecule has 0 bridgehead atoms. The lowest BCUT2D eigenvalue weighted by Crippen LogP contribution is -2.48. The highest BCUT2D eigenvalue weighted by Crippen LogP contribution is 2.41. The van der Waals surface area contributed by atoms with Crippen molar-refractivity contribution in [1.82, 2.24) is 0 Å². The summed E-state index contributed by atoms with van der Waals surface area (Å²) in [7, 11) is 0. The van der Waals surface area contributed by atoms with Crippen molar-refractivity contribution in [3.05, 3.63) is 23.3 Å². The molecule has 1 N–H and O–H groups in total. The Morgan fingerprint density at radius 3 is 2.41 bits per heavy atom. The largest absolute Gasteiger partial charge is 0.392 e. The van der Waals surface area contributed by atoms with Gasteiger partial charge in [0.2, 0.25) is 0 Å². The van der Waals surface area contributed by atoms with Crippen LogP contribution in [0.2, 0.25) is 0 Å². The van der Waals surface area contributed by atoms with Crippen LogP contribution in [-0.4, -0.2) is 36.0 Å². The van der Waals surface area contributed by atoms with Crippen LogP contribution in [0.5, 0.6) is 0 Å². The first-order valence-electron chi connectivity index (χ1n) is 10.9. The van der Waals surface area contributed by atoms with Crippen molar-refractivity contribution in [3.63, 3.8) is 0 Å². The lowest BCUT2D eigenvalue weighted by molar-refractivity contribution is -0.251. The van der Waals surface area contributed by atoms with Gasteiger partial charge in [-0.3, -0.25) is 4.79 Å². The highest BCUT2D eigenvalue weighted by Gasteiger charge is 2.44. The van der Waals surface area contributed by atoms with E-state index in [-0.39, 0.29) is 24.4 Å². The van der Waals surface area contributed by atoms with Gasteiger partial charge in [-0.1, -0.05) is 52.4 Å². The summed E-state index contributed by atoms with van der Waals surface area (Å²) in [4.78, 5) is 11.8. The van der Waals surface area contributed by atoms with Crippen LogP contribution in [0.4, 0.5) is 0 Å². The van der Waals surface area contributed by atoms with E-state index < -0.39 is 5.79 Å². The summed E-state index contributed by atoms with van der Waals surface area (Å²) in [5.74, 6) is -0.573. The molecule has 3 aliphatic rings. The van der Waals surface area contributed by atoms with Crippen molar-refractivity contribution in [2.75, 3.05) is 13.2 Å². The van der Waals surface area contributed by atoms with Crippen LogP contribution in [0.25, 0.3) is 0 Å². The Hall–Kier alpha value is -0.970. The number of unbranched alkanes of at least 4 members (excludes halogenated alkanes) is 5. The molecule has 4 nitrogen and oxygen atoms in total. The average molecular weight is 379 g/mol. The van der Waals surface area contributed by atoms with Crippen molar-refractivity contribution in [2.24, 2.45) is 5.92 Å². The fourth-order valence-electron chi connectivity index (χ4n) is 4.06. The van der Waals surface area contributed by atoms with E-state index in [0.717, 1.165) is 30.4 Å². The van der Waals surface area contributed by atoms with Gasteiger partial charge in [0.25, 0.3) is 0 Å². The molecule has 1 saturated heterocycles. The second-order valence-corrected chi connectivity index (χ2v) is 8.07. The van der Waals surface area contributed by atoms with Crippen molar-refractivity contribution >= 4 is 5.78 Å². The standard InChI is InChI=1S/C15H20O4.C8H18/c1-10-6-14-12(7-13(10)17)11(9-16)8-15(19-14)4-2-3-5-18-15;1-3-5-7-8-6-4-2/h6,8,12,14,16H,2-5,7,9H2,1H3;3-8H2,1-2H3. The number of hydrogen-bond acceptors (Lipinski definition) is 4. The van der Waals surface area contributed by atoms with E-state index in [4.69, 9.17) is 9.47 Å². The molecule has 154 valence electrons. The maximum atomic E-state index is 11.8. The molecule has 3 rings (SSSR count). The highest BCUT2D eigenvalue weighted by molar-refractivity contribution is 5.96. The van der Waals surface area contributed by atoms with E-state index in [9.17, 15) is 9.90 Å². The summed E-state index contributed by atoms with van der Waals surface area (Å²) in [6.45, 7) is 7.00. The van der Waals surface area contributed by atoms with Crippen LogP contribution in [0.3, 0.4) is 0 Å². The summed E-state index contributed by atoms with van der Waals surface area (Å²) in [6, 6.07) is 0. The lowest BCUT2D eigenvalue weighted by atomic mass is 9.78. The summed E-state index contributed by atoms with van der Waals surface area (Å²) < 4.78 is 12.0. The third-order valence-corrected chi connectivity index (χ3v) is 5.78. The molecule has 2 heterocycles. The average Bonchev–Trinajstić information content (AvgIpc) is 2.67. The van der Waals surface area contributed by atoms with Gasteiger partial charge in [0, 0.05) is 18.8 Å². The zero-order chi connectivity index (χ0) is 19.7. The highest BCUT2D eigenvalue weighted by atomic mass is 16.7. The van der Waals surface area contributed by atoms with E-state index in [1.54, 1.807) is 0 Å². The van der Waals surface area contributed by atoms with Gasteiger partial charge in [-0.25, -0.2) is 0 Å². The third kappa shape index (κ3) is 6.27. The van der Waals surface area contributed by atoms with Gasteiger partial charge >= 0.3 is 0 Å². The smallest absolute Gasteiger partial charge is 0.188 e. The Morgan fingerprint density at radius 1 is 1.15 bits per heavy atom. The number of carbonyl (C=O) groups is 1. The Bertz CT molecular complexity index is 522. The lowest BCUT2D eigenvalue weighted by Gasteiger charge is -2.45. The van der Waals surface area contributed by atoms with Crippen molar-refractivity contribution in [1.29, 1.82) is 0 Å². The molecule has 0 aromatic heterocycles. The van der Waals surface area contributed by atoms with Gasteiger partial charge in [-0.15, -0.1) is 0 Å². The third-order valence-electron chi connectivity index (χ3n) is 5.78. The molecule has 0 amide bonds. The molecule has 4 heteroatoms. The zero-order valence-electron chi connectivity index (χ0n) is 17.5. The predicted octanol–water partition coefficient (Wildman–Crippen LogP) is 5.10. The fourth-order valence-corrected chi connectivity index (χ4v) is 4.06. The first-order valence-corrected chi connectivity index (χ1v) is 10.9. The Kier molecular flexibility index (Phi) is 9.20. The maximum absolute atomic E-state index is 11.8. The number of rotatable bonds is 6. The molecule has 27 heavy (non-hydrogen) atoms. The van der Waals surface area contributed by atoms with Gasteiger partial charge in [0.05, 0.1) is 19.3 Å².